The van der Waals surface area contributed by atoms with Gasteiger partial charge in [-0.05, 0) is 18.2 Å². The number of nitrogens with one attached hydrogen (secondary N) is 2. The third-order valence-electron chi connectivity index (χ3n) is 3.27. The first-order valence-corrected chi connectivity index (χ1v) is 8.05. The minimum atomic E-state index is -0.243. The molecule has 2 heterocycles. The van der Waals surface area contributed by atoms with Crippen molar-refractivity contribution in [3.63, 3.8) is 0 Å². The van der Waals surface area contributed by atoms with Gasteiger partial charge in [-0.15, -0.1) is 23.7 Å². The third kappa shape index (κ3) is 4.30. The van der Waals surface area contributed by atoms with E-state index in [0.29, 0.717) is 24.8 Å². The number of nitrogens with zero attached hydrogens (tertiary/aromatic N) is 1. The van der Waals surface area contributed by atoms with E-state index < -0.39 is 0 Å². The molecule has 120 valence electrons. The fourth-order valence-electron chi connectivity index (χ4n) is 2.20. The van der Waals surface area contributed by atoms with E-state index in [4.69, 9.17) is 16.3 Å². The Balaban J connectivity index is 0.00000176. The summed E-state index contributed by atoms with van der Waals surface area (Å²) in [4.78, 5) is 16.4. The number of hydrogen-bond donors (Lipinski definition) is 2. The van der Waals surface area contributed by atoms with E-state index in [9.17, 15) is 4.79 Å². The summed E-state index contributed by atoms with van der Waals surface area (Å²) in [6, 6.07) is 5.45. The summed E-state index contributed by atoms with van der Waals surface area (Å²) in [5, 5.41) is 7.74. The number of amides is 1. The second-order valence-corrected chi connectivity index (χ2v) is 6.39. The molecule has 1 aliphatic rings. The SMILES string of the molecule is Cl.O=C(NCCc1nc2cc(Cl)ccc2s1)C1COCCN1. The number of hydrogen-bond acceptors (Lipinski definition) is 5. The van der Waals surface area contributed by atoms with E-state index in [1.54, 1.807) is 11.3 Å². The van der Waals surface area contributed by atoms with Crippen LogP contribution in [0.4, 0.5) is 0 Å². The number of ether oxygens (including phenoxy) is 1. The van der Waals surface area contributed by atoms with Gasteiger partial charge < -0.3 is 15.4 Å². The number of morpholine rings is 1. The van der Waals surface area contributed by atoms with Crippen molar-refractivity contribution in [2.24, 2.45) is 0 Å². The standard InChI is InChI=1S/C14H16ClN3O2S.ClH/c15-9-1-2-12-10(7-9)18-13(21-12)3-4-17-14(19)11-8-20-6-5-16-11;/h1-2,7,11,16H,3-6,8H2,(H,17,19);1H. The zero-order valence-corrected chi connectivity index (χ0v) is 14.2. The topological polar surface area (TPSA) is 63.2 Å². The highest BCUT2D eigenvalue weighted by molar-refractivity contribution is 7.18. The average molecular weight is 362 g/mol. The Hall–Kier alpha value is -0.920. The summed E-state index contributed by atoms with van der Waals surface area (Å²) < 4.78 is 6.39. The Morgan fingerprint density at radius 2 is 2.41 bits per heavy atom. The molecule has 1 aromatic carbocycles. The maximum atomic E-state index is 11.9. The van der Waals surface area contributed by atoms with Crippen LogP contribution in [0.1, 0.15) is 5.01 Å². The molecule has 2 aromatic rings. The summed E-state index contributed by atoms with van der Waals surface area (Å²) in [7, 11) is 0. The molecule has 1 saturated heterocycles. The van der Waals surface area contributed by atoms with E-state index in [-0.39, 0.29) is 24.4 Å². The Morgan fingerprint density at radius 3 is 3.18 bits per heavy atom. The van der Waals surface area contributed by atoms with Gasteiger partial charge in [-0.25, -0.2) is 4.98 Å². The molecule has 1 atom stereocenters. The van der Waals surface area contributed by atoms with E-state index in [1.165, 1.54) is 0 Å². The highest BCUT2D eigenvalue weighted by Crippen LogP contribution is 2.24. The molecule has 8 heteroatoms. The van der Waals surface area contributed by atoms with E-state index in [1.807, 2.05) is 18.2 Å². The second-order valence-electron chi connectivity index (χ2n) is 4.84. The van der Waals surface area contributed by atoms with Gasteiger partial charge in [0.2, 0.25) is 5.91 Å². The summed E-state index contributed by atoms with van der Waals surface area (Å²) in [5.74, 6) is -0.0149. The van der Waals surface area contributed by atoms with E-state index >= 15 is 0 Å². The number of benzene rings is 1. The summed E-state index contributed by atoms with van der Waals surface area (Å²) in [5.41, 5.74) is 0.913. The Kier molecular flexibility index (Phi) is 6.40. The van der Waals surface area contributed by atoms with Crippen LogP contribution in [-0.2, 0) is 16.0 Å². The number of rotatable bonds is 4. The Morgan fingerprint density at radius 1 is 1.55 bits per heavy atom. The summed E-state index contributed by atoms with van der Waals surface area (Å²) >= 11 is 7.58. The zero-order valence-electron chi connectivity index (χ0n) is 11.8. The molecule has 3 rings (SSSR count). The van der Waals surface area contributed by atoms with E-state index in [2.05, 4.69) is 15.6 Å². The molecule has 22 heavy (non-hydrogen) atoms. The lowest BCUT2D eigenvalue weighted by Gasteiger charge is -2.22. The molecule has 0 radical (unpaired) electrons. The van der Waals surface area contributed by atoms with Gasteiger partial charge in [-0.3, -0.25) is 4.79 Å². The lowest BCUT2D eigenvalue weighted by molar-refractivity contribution is -0.125. The minimum absolute atomic E-state index is 0. The molecule has 1 fully saturated rings. The number of fused-ring (bicyclic) bond motifs is 1. The van der Waals surface area contributed by atoms with Crippen molar-refractivity contribution >= 4 is 51.5 Å². The Labute approximate surface area is 143 Å². The Bertz CT molecular complexity index is 644. The van der Waals surface area contributed by atoms with Crippen LogP contribution in [0.5, 0.6) is 0 Å². The molecule has 0 saturated carbocycles. The smallest absolute Gasteiger partial charge is 0.239 e. The van der Waals surface area contributed by atoms with Crippen LogP contribution in [0, 0.1) is 0 Å². The maximum Gasteiger partial charge on any atom is 0.239 e. The average Bonchev–Trinajstić information content (AvgIpc) is 2.89. The minimum Gasteiger partial charge on any atom is -0.378 e. The van der Waals surface area contributed by atoms with Crippen molar-refractivity contribution in [2.45, 2.75) is 12.5 Å². The first-order valence-electron chi connectivity index (χ1n) is 6.86. The quantitative estimate of drug-likeness (QED) is 0.874. The molecule has 1 aliphatic heterocycles. The van der Waals surface area contributed by atoms with Crippen molar-refractivity contribution in [2.75, 3.05) is 26.3 Å². The third-order valence-corrected chi connectivity index (χ3v) is 4.60. The fraction of sp³-hybridized carbons (Fsp3) is 0.429. The van der Waals surface area contributed by atoms with Gasteiger partial charge in [-0.2, -0.15) is 0 Å². The van der Waals surface area contributed by atoms with Crippen LogP contribution in [0.25, 0.3) is 10.2 Å². The monoisotopic (exact) mass is 361 g/mol. The van der Waals surface area contributed by atoms with Gasteiger partial charge in [0.25, 0.3) is 0 Å². The first kappa shape index (κ1) is 17.4. The molecule has 0 bridgehead atoms. The van der Waals surface area contributed by atoms with Crippen molar-refractivity contribution in [1.82, 2.24) is 15.6 Å². The van der Waals surface area contributed by atoms with Crippen molar-refractivity contribution in [3.8, 4) is 0 Å². The number of thiazole rings is 1. The first-order chi connectivity index (χ1) is 10.2. The molecule has 1 unspecified atom stereocenters. The lowest BCUT2D eigenvalue weighted by atomic mass is 10.2. The summed E-state index contributed by atoms with van der Waals surface area (Å²) in [6.07, 6.45) is 0.719. The second kappa shape index (κ2) is 8.08. The fourth-order valence-corrected chi connectivity index (χ4v) is 3.32. The predicted octanol–water partition coefficient (Wildman–Crippen LogP) is 2.02. The van der Waals surface area contributed by atoms with Crippen LogP contribution >= 0.6 is 35.3 Å². The molecule has 1 aromatic heterocycles. The van der Waals surface area contributed by atoms with Gasteiger partial charge in [0, 0.05) is 24.5 Å². The molecule has 0 spiro atoms. The van der Waals surface area contributed by atoms with Gasteiger partial charge in [-0.1, -0.05) is 11.6 Å². The van der Waals surface area contributed by atoms with Crippen molar-refractivity contribution < 1.29 is 9.53 Å². The number of carbonyl (C=O) groups is 1. The normalized spacial score (nSPS) is 18.0. The van der Waals surface area contributed by atoms with Crippen LogP contribution in [0.2, 0.25) is 5.02 Å². The molecular weight excluding hydrogens is 345 g/mol. The van der Waals surface area contributed by atoms with Crippen LogP contribution in [0.15, 0.2) is 18.2 Å². The molecule has 0 aliphatic carbocycles. The van der Waals surface area contributed by atoms with Gasteiger partial charge >= 0.3 is 0 Å². The lowest BCUT2D eigenvalue weighted by Crippen LogP contribution is -2.51. The largest absolute Gasteiger partial charge is 0.378 e. The van der Waals surface area contributed by atoms with Crippen molar-refractivity contribution in [3.05, 3.63) is 28.2 Å². The highest BCUT2D eigenvalue weighted by Gasteiger charge is 2.20. The van der Waals surface area contributed by atoms with Gasteiger partial charge in [0.05, 0.1) is 28.4 Å². The number of aromatic nitrogens is 1. The number of carbonyl (C=O) groups excluding carboxylic acids is 1. The van der Waals surface area contributed by atoms with Crippen LogP contribution in [0.3, 0.4) is 0 Å². The van der Waals surface area contributed by atoms with Gasteiger partial charge in [0.15, 0.2) is 0 Å². The van der Waals surface area contributed by atoms with Gasteiger partial charge in [0.1, 0.15) is 6.04 Å². The molecular formula is C14H17Cl2N3O2S. The maximum absolute atomic E-state index is 11.9. The molecule has 2 N–H and O–H groups in total. The van der Waals surface area contributed by atoms with E-state index in [0.717, 1.165) is 28.2 Å². The summed E-state index contributed by atoms with van der Waals surface area (Å²) in [6.45, 7) is 2.39. The highest BCUT2D eigenvalue weighted by atomic mass is 35.5. The van der Waals surface area contributed by atoms with Crippen LogP contribution in [-0.4, -0.2) is 43.2 Å². The van der Waals surface area contributed by atoms with Crippen molar-refractivity contribution in [1.29, 1.82) is 0 Å². The molecule has 5 nitrogen and oxygen atoms in total. The zero-order chi connectivity index (χ0) is 14.7. The predicted molar refractivity (Wildman–Crippen MR) is 91.2 cm³/mol. The van der Waals surface area contributed by atoms with Crippen LogP contribution < -0.4 is 10.6 Å². The molecule has 1 amide bonds. The number of halogens is 2.